The van der Waals surface area contributed by atoms with Crippen molar-refractivity contribution in [2.45, 2.75) is 0 Å². The SMILES string of the molecule is Cn1c(=O)c(C(=O)NCC(=O)O)c(O)c2cc(-c3ccc(Cl)nc3)ccc21. The van der Waals surface area contributed by atoms with Crippen molar-refractivity contribution in [1.82, 2.24) is 14.9 Å². The third kappa shape index (κ3) is 3.47. The molecule has 0 spiro atoms. The highest BCUT2D eigenvalue weighted by Gasteiger charge is 2.21. The number of fused-ring (bicyclic) bond motifs is 1. The number of carbonyl (C=O) groups excluding carboxylic acids is 1. The lowest BCUT2D eigenvalue weighted by Gasteiger charge is -2.13. The molecule has 0 saturated heterocycles. The Kier molecular flexibility index (Phi) is 4.83. The number of aliphatic carboxylic acids is 1. The van der Waals surface area contributed by atoms with E-state index in [-0.39, 0.29) is 5.39 Å². The summed E-state index contributed by atoms with van der Waals surface area (Å²) < 4.78 is 1.22. The van der Waals surface area contributed by atoms with Crippen LogP contribution in [0.3, 0.4) is 0 Å². The first-order valence-corrected chi connectivity index (χ1v) is 8.15. The van der Waals surface area contributed by atoms with Gasteiger partial charge in [0.25, 0.3) is 11.5 Å². The predicted molar refractivity (Wildman–Crippen MR) is 99.1 cm³/mol. The fourth-order valence-corrected chi connectivity index (χ4v) is 2.82. The summed E-state index contributed by atoms with van der Waals surface area (Å²) in [5.41, 5.74) is 0.586. The molecule has 8 nitrogen and oxygen atoms in total. The lowest BCUT2D eigenvalue weighted by atomic mass is 10.0. The van der Waals surface area contributed by atoms with Gasteiger partial charge in [0.2, 0.25) is 0 Å². The molecule has 138 valence electrons. The van der Waals surface area contributed by atoms with Gasteiger partial charge in [-0.15, -0.1) is 0 Å². The van der Waals surface area contributed by atoms with E-state index in [1.165, 1.54) is 11.6 Å². The minimum atomic E-state index is -1.27. The Bertz CT molecular complexity index is 1120. The summed E-state index contributed by atoms with van der Waals surface area (Å²) in [6, 6.07) is 8.36. The number of hydrogen-bond acceptors (Lipinski definition) is 5. The summed E-state index contributed by atoms with van der Waals surface area (Å²) in [6.07, 6.45) is 1.56. The third-order valence-corrected chi connectivity index (χ3v) is 4.28. The summed E-state index contributed by atoms with van der Waals surface area (Å²) in [6.45, 7) is -0.671. The number of carbonyl (C=O) groups is 2. The van der Waals surface area contributed by atoms with Crippen LogP contribution in [0.15, 0.2) is 41.3 Å². The van der Waals surface area contributed by atoms with Gasteiger partial charge >= 0.3 is 5.97 Å². The van der Waals surface area contributed by atoms with Gasteiger partial charge in [-0.3, -0.25) is 14.4 Å². The van der Waals surface area contributed by atoms with Crippen molar-refractivity contribution in [2.24, 2.45) is 7.05 Å². The maximum atomic E-state index is 12.5. The molecule has 0 aliphatic carbocycles. The van der Waals surface area contributed by atoms with Crippen LogP contribution in [-0.2, 0) is 11.8 Å². The summed E-state index contributed by atoms with van der Waals surface area (Å²) in [5.74, 6) is -2.74. The minimum absolute atomic E-state index is 0.269. The molecule has 3 aromatic rings. The average Bonchev–Trinajstić information content (AvgIpc) is 2.65. The van der Waals surface area contributed by atoms with Crippen LogP contribution in [0.25, 0.3) is 22.0 Å². The first kappa shape index (κ1) is 18.4. The molecule has 0 aliphatic heterocycles. The van der Waals surface area contributed by atoms with Crippen LogP contribution in [0.5, 0.6) is 5.75 Å². The highest BCUT2D eigenvalue weighted by Crippen LogP contribution is 2.30. The monoisotopic (exact) mass is 387 g/mol. The normalized spacial score (nSPS) is 10.7. The first-order valence-electron chi connectivity index (χ1n) is 7.77. The quantitative estimate of drug-likeness (QED) is 0.586. The van der Waals surface area contributed by atoms with E-state index in [0.29, 0.717) is 16.2 Å². The van der Waals surface area contributed by atoms with Crippen molar-refractivity contribution in [1.29, 1.82) is 0 Å². The fourth-order valence-electron chi connectivity index (χ4n) is 2.71. The number of carboxylic acid groups (broad SMARTS) is 1. The van der Waals surface area contributed by atoms with Gasteiger partial charge in [-0.25, -0.2) is 4.98 Å². The van der Waals surface area contributed by atoms with Gasteiger partial charge in [0, 0.05) is 24.2 Å². The molecule has 2 heterocycles. The van der Waals surface area contributed by atoms with Crippen LogP contribution in [0, 0.1) is 0 Å². The molecular weight excluding hydrogens is 374 g/mol. The molecule has 0 radical (unpaired) electrons. The van der Waals surface area contributed by atoms with Crippen molar-refractivity contribution in [3.8, 4) is 16.9 Å². The van der Waals surface area contributed by atoms with Crippen LogP contribution in [-0.4, -0.2) is 38.2 Å². The highest BCUT2D eigenvalue weighted by atomic mass is 35.5. The second-order valence-corrected chi connectivity index (χ2v) is 6.15. The molecule has 1 amide bonds. The van der Waals surface area contributed by atoms with Crippen molar-refractivity contribution in [2.75, 3.05) is 6.54 Å². The molecule has 0 aliphatic rings. The van der Waals surface area contributed by atoms with Crippen LogP contribution in [0.4, 0.5) is 0 Å². The Balaban J connectivity index is 2.18. The van der Waals surface area contributed by atoms with E-state index in [2.05, 4.69) is 10.3 Å². The summed E-state index contributed by atoms with van der Waals surface area (Å²) >= 11 is 5.79. The van der Waals surface area contributed by atoms with E-state index in [1.807, 2.05) is 0 Å². The van der Waals surface area contributed by atoms with Gasteiger partial charge in [-0.05, 0) is 29.8 Å². The highest BCUT2D eigenvalue weighted by molar-refractivity contribution is 6.29. The predicted octanol–water partition coefficient (Wildman–Crippen LogP) is 1.77. The fraction of sp³-hybridized carbons (Fsp3) is 0.111. The molecule has 3 N–H and O–H groups in total. The molecule has 3 rings (SSSR count). The van der Waals surface area contributed by atoms with Crippen molar-refractivity contribution in [3.05, 3.63) is 57.6 Å². The van der Waals surface area contributed by atoms with E-state index in [4.69, 9.17) is 16.7 Å². The second kappa shape index (κ2) is 7.08. The lowest BCUT2D eigenvalue weighted by Crippen LogP contribution is -2.35. The van der Waals surface area contributed by atoms with E-state index in [0.717, 1.165) is 5.56 Å². The molecule has 9 heteroatoms. The number of benzene rings is 1. The summed E-state index contributed by atoms with van der Waals surface area (Å²) in [5, 5.41) is 21.9. The van der Waals surface area contributed by atoms with Crippen LogP contribution < -0.4 is 10.9 Å². The number of amides is 1. The van der Waals surface area contributed by atoms with E-state index >= 15 is 0 Å². The maximum absolute atomic E-state index is 12.5. The number of hydrogen-bond donors (Lipinski definition) is 3. The smallest absolute Gasteiger partial charge is 0.322 e. The number of rotatable bonds is 4. The first-order chi connectivity index (χ1) is 12.8. The summed E-state index contributed by atoms with van der Waals surface area (Å²) in [4.78, 5) is 39.3. The van der Waals surface area contributed by atoms with Gasteiger partial charge in [0.05, 0.1) is 5.52 Å². The van der Waals surface area contributed by atoms with Gasteiger partial charge in [-0.1, -0.05) is 17.7 Å². The van der Waals surface area contributed by atoms with Crippen molar-refractivity contribution < 1.29 is 19.8 Å². The zero-order valence-electron chi connectivity index (χ0n) is 14.1. The summed E-state index contributed by atoms with van der Waals surface area (Å²) in [7, 11) is 1.46. The number of halogens is 1. The molecule has 0 bridgehead atoms. The topological polar surface area (TPSA) is 122 Å². The van der Waals surface area contributed by atoms with Gasteiger partial charge in [0.1, 0.15) is 23.0 Å². The Hall–Kier alpha value is -3.39. The van der Waals surface area contributed by atoms with Crippen LogP contribution >= 0.6 is 11.6 Å². The number of pyridine rings is 2. The van der Waals surface area contributed by atoms with Gasteiger partial charge in [0.15, 0.2) is 0 Å². The maximum Gasteiger partial charge on any atom is 0.322 e. The number of nitrogens with one attached hydrogen (secondary N) is 1. The zero-order chi connectivity index (χ0) is 19.7. The largest absolute Gasteiger partial charge is 0.506 e. The minimum Gasteiger partial charge on any atom is -0.506 e. The average molecular weight is 388 g/mol. The third-order valence-electron chi connectivity index (χ3n) is 4.06. The molecular formula is C18H14ClN3O5. The molecule has 1 aromatic carbocycles. The van der Waals surface area contributed by atoms with E-state index in [1.54, 1.807) is 36.5 Å². The number of nitrogens with zero attached hydrogens (tertiary/aromatic N) is 2. The Labute approximate surface area is 157 Å². The number of aromatic hydroxyl groups is 1. The van der Waals surface area contributed by atoms with E-state index < -0.39 is 35.3 Å². The Morgan fingerprint density at radius 1 is 1.22 bits per heavy atom. The molecule has 0 unspecified atom stereocenters. The molecule has 27 heavy (non-hydrogen) atoms. The number of aromatic nitrogens is 2. The van der Waals surface area contributed by atoms with Crippen molar-refractivity contribution >= 4 is 34.4 Å². The molecule has 2 aromatic heterocycles. The lowest BCUT2D eigenvalue weighted by molar-refractivity contribution is -0.135. The van der Waals surface area contributed by atoms with Gasteiger partial charge < -0.3 is 20.1 Å². The van der Waals surface area contributed by atoms with E-state index in [9.17, 15) is 19.5 Å². The van der Waals surface area contributed by atoms with Crippen LogP contribution in [0.2, 0.25) is 5.15 Å². The zero-order valence-corrected chi connectivity index (χ0v) is 14.8. The Morgan fingerprint density at radius 3 is 2.56 bits per heavy atom. The molecule has 0 fully saturated rings. The van der Waals surface area contributed by atoms with Gasteiger partial charge in [-0.2, -0.15) is 0 Å². The molecule has 0 atom stereocenters. The second-order valence-electron chi connectivity index (χ2n) is 5.77. The van der Waals surface area contributed by atoms with Crippen molar-refractivity contribution in [3.63, 3.8) is 0 Å². The standard InChI is InChI=1S/C18H14ClN3O5/c1-22-12-4-2-9(10-3-5-13(19)20-7-10)6-11(12)16(25)15(18(22)27)17(26)21-8-14(23)24/h2-7,25H,8H2,1H3,(H,21,26)(H,23,24). The molecule has 0 saturated carbocycles. The van der Waals surface area contributed by atoms with Crippen LogP contribution in [0.1, 0.15) is 10.4 Å². The Morgan fingerprint density at radius 2 is 1.93 bits per heavy atom. The number of carboxylic acids is 1. The number of aryl methyl sites for hydroxylation is 1.